The van der Waals surface area contributed by atoms with E-state index in [1.165, 1.54) is 105 Å². The van der Waals surface area contributed by atoms with Crippen LogP contribution in [0.1, 0.15) is 17.7 Å². The first-order valence-electron chi connectivity index (χ1n) is 20.3. The molecule has 0 N–H and O–H groups in total. The van der Waals surface area contributed by atoms with Crippen molar-refractivity contribution in [2.45, 2.75) is 12.8 Å². The molecular formula is C56H38N2. The molecule has 1 aliphatic rings. The maximum absolute atomic E-state index is 2.57. The van der Waals surface area contributed by atoms with Crippen LogP contribution in [0.4, 0.5) is 0 Å². The van der Waals surface area contributed by atoms with Crippen molar-refractivity contribution in [3.05, 3.63) is 211 Å². The molecule has 0 bridgehead atoms. The summed E-state index contributed by atoms with van der Waals surface area (Å²) in [4.78, 5) is 0. The van der Waals surface area contributed by atoms with Crippen molar-refractivity contribution in [3.63, 3.8) is 0 Å². The fourth-order valence-electron chi connectivity index (χ4n) is 9.66. The van der Waals surface area contributed by atoms with Crippen LogP contribution in [0.5, 0.6) is 0 Å². The van der Waals surface area contributed by atoms with Gasteiger partial charge in [-0.3, -0.25) is 0 Å². The van der Waals surface area contributed by atoms with Crippen molar-refractivity contribution in [1.82, 2.24) is 9.13 Å². The summed E-state index contributed by atoms with van der Waals surface area (Å²) in [5.41, 5.74) is 16.0. The molecule has 0 atom stereocenters. The number of rotatable bonds is 5. The molecule has 0 fully saturated rings. The Balaban J connectivity index is 1.09. The van der Waals surface area contributed by atoms with Gasteiger partial charge < -0.3 is 9.13 Å². The van der Waals surface area contributed by atoms with E-state index in [0.717, 1.165) is 18.5 Å². The van der Waals surface area contributed by atoms with E-state index in [-0.39, 0.29) is 0 Å². The standard InChI is InChI=1S/C56H38N2/c1-3-15-37(16-4-1)42-31-43(38-17-5-2-6-18-38)33-44(32-42)57-52-25-13-11-23-48(52)50-29-27-39(34-54(50)57)40-28-30-51-49-24-12-14-26-53(49)58(55(51)35-40)56-36-41-19-7-8-20-45(41)46-21-9-10-22-47(46)56/h1-13,15-25,27-36H,14,26H2. The zero-order valence-electron chi connectivity index (χ0n) is 31.9. The Morgan fingerprint density at radius 2 is 0.914 bits per heavy atom. The normalized spacial score (nSPS) is 12.6. The lowest BCUT2D eigenvalue weighted by atomic mass is 9.97. The van der Waals surface area contributed by atoms with Gasteiger partial charge in [0, 0.05) is 38.5 Å². The van der Waals surface area contributed by atoms with Crippen molar-refractivity contribution in [1.29, 1.82) is 0 Å². The van der Waals surface area contributed by atoms with Crippen molar-refractivity contribution >= 4 is 60.3 Å². The SMILES string of the molecule is C1=Cc2c(n(-c3cc4ccccc4c4ccccc34)c3cc(-c4ccc5c6ccccc6n(-c6cc(-c7ccccc7)cc(-c7ccccc7)c6)c5c4)ccc23)CC1. The highest BCUT2D eigenvalue weighted by atomic mass is 15.0. The molecule has 2 nitrogen and oxygen atoms in total. The predicted octanol–water partition coefficient (Wildman–Crippen LogP) is 15.0. The van der Waals surface area contributed by atoms with Gasteiger partial charge in [-0.25, -0.2) is 0 Å². The lowest BCUT2D eigenvalue weighted by Crippen LogP contribution is -2.04. The van der Waals surface area contributed by atoms with Gasteiger partial charge >= 0.3 is 0 Å². The van der Waals surface area contributed by atoms with Gasteiger partial charge in [0.15, 0.2) is 0 Å². The minimum atomic E-state index is 1.01. The fourth-order valence-corrected chi connectivity index (χ4v) is 9.66. The summed E-state index contributed by atoms with van der Waals surface area (Å²) in [5, 5.41) is 8.92. The highest BCUT2D eigenvalue weighted by Crippen LogP contribution is 2.42. The monoisotopic (exact) mass is 738 g/mol. The van der Waals surface area contributed by atoms with Crippen LogP contribution in [0.2, 0.25) is 0 Å². The number of allylic oxidation sites excluding steroid dienone is 1. The third-order valence-corrected chi connectivity index (χ3v) is 12.3. The molecule has 9 aromatic carbocycles. The summed E-state index contributed by atoms with van der Waals surface area (Å²) >= 11 is 0. The summed E-state index contributed by atoms with van der Waals surface area (Å²) in [7, 11) is 0. The van der Waals surface area contributed by atoms with Crippen LogP contribution in [-0.4, -0.2) is 9.13 Å². The summed E-state index contributed by atoms with van der Waals surface area (Å²) in [5.74, 6) is 0. The minimum Gasteiger partial charge on any atom is -0.312 e. The van der Waals surface area contributed by atoms with Gasteiger partial charge in [0.1, 0.15) is 0 Å². The minimum absolute atomic E-state index is 1.01. The summed E-state index contributed by atoms with van der Waals surface area (Å²) in [6.45, 7) is 0. The zero-order valence-corrected chi connectivity index (χ0v) is 31.9. The number of aromatic nitrogens is 2. The van der Waals surface area contributed by atoms with Crippen LogP contribution in [0.3, 0.4) is 0 Å². The van der Waals surface area contributed by atoms with Gasteiger partial charge in [-0.1, -0.05) is 164 Å². The first-order valence-corrected chi connectivity index (χ1v) is 20.3. The van der Waals surface area contributed by atoms with Crippen LogP contribution in [0, 0.1) is 0 Å². The lowest BCUT2D eigenvalue weighted by Gasteiger charge is -2.17. The average Bonchev–Trinajstić information content (AvgIpc) is 3.81. The Kier molecular flexibility index (Phi) is 7.39. The first kappa shape index (κ1) is 32.8. The summed E-state index contributed by atoms with van der Waals surface area (Å²) in [6, 6.07) is 71.7. The van der Waals surface area contributed by atoms with Gasteiger partial charge in [0.2, 0.25) is 0 Å². The van der Waals surface area contributed by atoms with E-state index in [9.17, 15) is 0 Å². The predicted molar refractivity (Wildman–Crippen MR) is 246 cm³/mol. The Labute approximate surface area is 337 Å². The van der Waals surface area contributed by atoms with E-state index in [2.05, 4.69) is 215 Å². The second kappa shape index (κ2) is 13.1. The second-order valence-corrected chi connectivity index (χ2v) is 15.6. The summed E-state index contributed by atoms with van der Waals surface area (Å²) < 4.78 is 5.04. The molecule has 0 amide bonds. The molecule has 0 saturated heterocycles. The molecule has 2 heteroatoms. The highest BCUT2D eigenvalue weighted by Gasteiger charge is 2.22. The smallest absolute Gasteiger partial charge is 0.0547 e. The molecule has 272 valence electrons. The maximum atomic E-state index is 2.57. The third-order valence-electron chi connectivity index (χ3n) is 12.3. The molecule has 0 unspecified atom stereocenters. The first-order chi connectivity index (χ1) is 28.8. The zero-order chi connectivity index (χ0) is 38.2. The largest absolute Gasteiger partial charge is 0.312 e. The molecule has 0 radical (unpaired) electrons. The van der Waals surface area contributed by atoms with Gasteiger partial charge in [0.05, 0.1) is 22.2 Å². The van der Waals surface area contributed by atoms with Crippen molar-refractivity contribution in [2.75, 3.05) is 0 Å². The average molecular weight is 739 g/mol. The van der Waals surface area contributed by atoms with E-state index in [4.69, 9.17) is 0 Å². The number of nitrogens with zero attached hydrogens (tertiary/aromatic N) is 2. The van der Waals surface area contributed by atoms with E-state index >= 15 is 0 Å². The molecule has 0 spiro atoms. The molecule has 11 aromatic rings. The van der Waals surface area contributed by atoms with Crippen LogP contribution in [-0.2, 0) is 6.42 Å². The Morgan fingerprint density at radius 1 is 0.345 bits per heavy atom. The van der Waals surface area contributed by atoms with E-state index in [0.29, 0.717) is 0 Å². The summed E-state index contributed by atoms with van der Waals surface area (Å²) in [6.07, 6.45) is 6.73. The van der Waals surface area contributed by atoms with Crippen molar-refractivity contribution in [2.24, 2.45) is 0 Å². The molecule has 12 rings (SSSR count). The Bertz CT molecular complexity index is 3380. The van der Waals surface area contributed by atoms with Crippen LogP contribution in [0.25, 0.3) is 105 Å². The maximum Gasteiger partial charge on any atom is 0.0547 e. The molecule has 1 aliphatic carbocycles. The van der Waals surface area contributed by atoms with E-state index in [1.54, 1.807) is 0 Å². The third kappa shape index (κ3) is 5.12. The number of fused-ring (bicyclic) bond motifs is 9. The van der Waals surface area contributed by atoms with Crippen LogP contribution < -0.4 is 0 Å². The van der Waals surface area contributed by atoms with Crippen molar-refractivity contribution < 1.29 is 0 Å². The van der Waals surface area contributed by atoms with Gasteiger partial charge in [-0.2, -0.15) is 0 Å². The fraction of sp³-hybridized carbons (Fsp3) is 0.0357. The lowest BCUT2D eigenvalue weighted by molar-refractivity contribution is 0.892. The number of hydrogen-bond donors (Lipinski definition) is 0. The Morgan fingerprint density at radius 3 is 1.64 bits per heavy atom. The molecular weight excluding hydrogens is 701 g/mol. The van der Waals surface area contributed by atoms with Crippen LogP contribution in [0.15, 0.2) is 200 Å². The van der Waals surface area contributed by atoms with Crippen molar-refractivity contribution in [3.8, 4) is 44.8 Å². The Hall–Kier alpha value is -7.42. The number of hydrogen-bond acceptors (Lipinski definition) is 0. The topological polar surface area (TPSA) is 9.86 Å². The van der Waals surface area contributed by atoms with E-state index < -0.39 is 0 Å². The molecule has 0 saturated carbocycles. The van der Waals surface area contributed by atoms with Gasteiger partial charge in [-0.15, -0.1) is 0 Å². The quantitative estimate of drug-likeness (QED) is 0.156. The molecule has 2 heterocycles. The van der Waals surface area contributed by atoms with E-state index in [1.807, 2.05) is 0 Å². The number of benzene rings is 9. The second-order valence-electron chi connectivity index (χ2n) is 15.6. The molecule has 58 heavy (non-hydrogen) atoms. The van der Waals surface area contributed by atoms with Crippen LogP contribution >= 0.6 is 0 Å². The van der Waals surface area contributed by atoms with Gasteiger partial charge in [0.25, 0.3) is 0 Å². The highest BCUT2D eigenvalue weighted by molar-refractivity contribution is 6.13. The number of para-hydroxylation sites is 1. The van der Waals surface area contributed by atoms with Gasteiger partial charge in [-0.05, 0) is 105 Å². The molecule has 0 aliphatic heterocycles. The molecule has 2 aromatic heterocycles.